The Morgan fingerprint density at radius 2 is 1.46 bits per heavy atom. The molecular formula is C30H37F5O4. The second-order valence-corrected chi connectivity index (χ2v) is 10.5. The van der Waals surface area contributed by atoms with Crippen LogP contribution in [-0.2, 0) is 26.3 Å². The van der Waals surface area contributed by atoms with Gasteiger partial charge in [0.1, 0.15) is 5.75 Å². The average Bonchev–Trinajstić information content (AvgIpc) is 2.93. The van der Waals surface area contributed by atoms with E-state index < -0.39 is 40.8 Å². The lowest BCUT2D eigenvalue weighted by atomic mass is 9.78. The molecule has 2 fully saturated rings. The molecule has 0 spiro atoms. The zero-order valence-electron chi connectivity index (χ0n) is 22.3. The van der Waals surface area contributed by atoms with Gasteiger partial charge in [0.15, 0.2) is 17.5 Å². The molecule has 1 aliphatic heterocycles. The molecule has 0 bridgehead atoms. The first-order chi connectivity index (χ1) is 18.7. The lowest BCUT2D eigenvalue weighted by Gasteiger charge is -2.37. The highest BCUT2D eigenvalue weighted by Gasteiger charge is 2.41. The van der Waals surface area contributed by atoms with Crippen molar-refractivity contribution in [2.45, 2.75) is 83.2 Å². The molecule has 0 unspecified atom stereocenters. The Bertz CT molecular complexity index is 1020. The van der Waals surface area contributed by atoms with E-state index >= 15 is 0 Å². The zero-order chi connectivity index (χ0) is 27.9. The van der Waals surface area contributed by atoms with Crippen molar-refractivity contribution in [2.75, 3.05) is 19.8 Å². The van der Waals surface area contributed by atoms with Crippen molar-refractivity contribution < 1.29 is 40.9 Å². The summed E-state index contributed by atoms with van der Waals surface area (Å²) in [5, 5.41) is 0. The van der Waals surface area contributed by atoms with Crippen LogP contribution in [0.5, 0.6) is 5.75 Å². The molecule has 0 radical (unpaired) electrons. The minimum atomic E-state index is -3.94. The fourth-order valence-corrected chi connectivity index (χ4v) is 5.37. The van der Waals surface area contributed by atoms with E-state index in [-0.39, 0.29) is 0 Å². The SMILES string of the molecule is CCCCCC1CCC(CCOC2(c3ccc(C(F)(F)Oc4cc(F)c(F)c(F)c4)cc3)OCCCO2)CC1. The number of alkyl halides is 2. The highest BCUT2D eigenvalue weighted by Crippen LogP contribution is 2.38. The van der Waals surface area contributed by atoms with Gasteiger partial charge in [-0.05, 0) is 36.8 Å². The molecule has 2 aromatic carbocycles. The van der Waals surface area contributed by atoms with Crippen LogP contribution in [-0.4, -0.2) is 19.8 Å². The highest BCUT2D eigenvalue weighted by atomic mass is 19.3. The fraction of sp³-hybridized carbons (Fsp3) is 0.600. The Morgan fingerprint density at radius 1 is 0.872 bits per heavy atom. The molecule has 1 aliphatic carbocycles. The minimum absolute atomic E-state index is 0.367. The number of unbranched alkanes of at least 4 members (excludes halogenated alkanes) is 2. The lowest BCUT2D eigenvalue weighted by molar-refractivity contribution is -0.412. The Labute approximate surface area is 226 Å². The van der Waals surface area contributed by atoms with Gasteiger partial charge in [-0.15, -0.1) is 0 Å². The maximum absolute atomic E-state index is 14.7. The molecule has 9 heteroatoms. The minimum Gasteiger partial charge on any atom is -0.429 e. The molecule has 216 valence electrons. The molecule has 2 aromatic rings. The predicted molar refractivity (Wildman–Crippen MR) is 136 cm³/mol. The summed E-state index contributed by atoms with van der Waals surface area (Å²) in [7, 11) is 0. The van der Waals surface area contributed by atoms with E-state index in [0.717, 1.165) is 24.5 Å². The number of hydrogen-bond donors (Lipinski definition) is 0. The Kier molecular flexibility index (Phi) is 10.2. The van der Waals surface area contributed by atoms with E-state index in [0.29, 0.717) is 49.9 Å². The molecular weight excluding hydrogens is 519 g/mol. The summed E-state index contributed by atoms with van der Waals surface area (Å²) in [6, 6.07) is 5.74. The first-order valence-corrected chi connectivity index (χ1v) is 14.0. The first-order valence-electron chi connectivity index (χ1n) is 14.0. The van der Waals surface area contributed by atoms with E-state index in [9.17, 15) is 22.0 Å². The van der Waals surface area contributed by atoms with Crippen molar-refractivity contribution in [1.82, 2.24) is 0 Å². The Balaban J connectivity index is 1.36. The average molecular weight is 557 g/mol. The third-order valence-electron chi connectivity index (χ3n) is 7.65. The molecule has 4 rings (SSSR count). The van der Waals surface area contributed by atoms with Crippen LogP contribution in [0.2, 0.25) is 0 Å². The van der Waals surface area contributed by atoms with Crippen LogP contribution in [0.3, 0.4) is 0 Å². The van der Waals surface area contributed by atoms with E-state index in [1.165, 1.54) is 63.5 Å². The highest BCUT2D eigenvalue weighted by molar-refractivity contribution is 5.30. The van der Waals surface area contributed by atoms with Gasteiger partial charge < -0.3 is 18.9 Å². The normalized spacial score (nSPS) is 21.6. The fourth-order valence-electron chi connectivity index (χ4n) is 5.37. The number of hydrogen-bond acceptors (Lipinski definition) is 4. The third-order valence-corrected chi connectivity index (χ3v) is 7.65. The van der Waals surface area contributed by atoms with Crippen LogP contribution in [0.15, 0.2) is 36.4 Å². The van der Waals surface area contributed by atoms with Gasteiger partial charge in [-0.1, -0.05) is 70.4 Å². The van der Waals surface area contributed by atoms with E-state index in [1.54, 1.807) is 0 Å². The van der Waals surface area contributed by atoms with Gasteiger partial charge in [0.25, 0.3) is 0 Å². The lowest BCUT2D eigenvalue weighted by Crippen LogP contribution is -2.41. The number of ether oxygens (including phenoxy) is 4. The summed E-state index contributed by atoms with van der Waals surface area (Å²) < 4.78 is 91.9. The van der Waals surface area contributed by atoms with Crippen LogP contribution in [0, 0.1) is 29.3 Å². The third kappa shape index (κ3) is 7.70. The Hall–Kier alpha value is -2.23. The van der Waals surface area contributed by atoms with Crippen LogP contribution >= 0.6 is 0 Å². The molecule has 39 heavy (non-hydrogen) atoms. The molecule has 0 aromatic heterocycles. The van der Waals surface area contributed by atoms with Crippen molar-refractivity contribution in [3.63, 3.8) is 0 Å². The molecule has 0 atom stereocenters. The largest absolute Gasteiger partial charge is 0.429 e. The second kappa shape index (κ2) is 13.4. The molecule has 1 saturated heterocycles. The Morgan fingerprint density at radius 3 is 2.05 bits per heavy atom. The van der Waals surface area contributed by atoms with Gasteiger partial charge in [0, 0.05) is 17.7 Å². The maximum atomic E-state index is 14.7. The maximum Gasteiger partial charge on any atom is 0.426 e. The topological polar surface area (TPSA) is 36.9 Å². The smallest absolute Gasteiger partial charge is 0.426 e. The zero-order valence-corrected chi connectivity index (χ0v) is 22.3. The first kappa shape index (κ1) is 29.7. The summed E-state index contributed by atoms with van der Waals surface area (Å²) in [6.45, 7) is 3.43. The van der Waals surface area contributed by atoms with Gasteiger partial charge in [0.05, 0.1) is 25.4 Å². The second-order valence-electron chi connectivity index (χ2n) is 10.5. The molecule has 1 heterocycles. The standard InChI is InChI=1S/C30H37F5O4/c1-2-3-4-6-21-7-9-22(10-8-21)15-18-38-30(36-16-5-17-37-30)24-13-11-23(12-14-24)29(34,35)39-25-19-26(31)28(33)27(32)20-25/h11-14,19-22H,2-10,15-18H2,1H3. The summed E-state index contributed by atoms with van der Waals surface area (Å²) >= 11 is 0. The van der Waals surface area contributed by atoms with E-state index in [1.807, 2.05) is 0 Å². The van der Waals surface area contributed by atoms with Gasteiger partial charge in [0.2, 0.25) is 0 Å². The number of rotatable bonds is 12. The van der Waals surface area contributed by atoms with Crippen LogP contribution < -0.4 is 4.74 Å². The van der Waals surface area contributed by atoms with Crippen LogP contribution in [0.4, 0.5) is 22.0 Å². The van der Waals surface area contributed by atoms with Crippen molar-refractivity contribution in [2.24, 2.45) is 11.8 Å². The van der Waals surface area contributed by atoms with Crippen molar-refractivity contribution in [3.8, 4) is 5.75 Å². The molecule has 4 nitrogen and oxygen atoms in total. The molecule has 0 N–H and O–H groups in total. The van der Waals surface area contributed by atoms with Gasteiger partial charge in [-0.25, -0.2) is 13.2 Å². The summed E-state index contributed by atoms with van der Waals surface area (Å²) in [5.41, 5.74) is -0.154. The summed E-state index contributed by atoms with van der Waals surface area (Å²) in [6.07, 6.45) is 7.65. The molecule has 1 saturated carbocycles. The van der Waals surface area contributed by atoms with Crippen molar-refractivity contribution in [3.05, 3.63) is 65.0 Å². The van der Waals surface area contributed by atoms with Crippen molar-refractivity contribution in [1.29, 1.82) is 0 Å². The number of benzene rings is 2. The predicted octanol–water partition coefficient (Wildman–Crippen LogP) is 8.57. The number of halogens is 5. The van der Waals surface area contributed by atoms with E-state index in [4.69, 9.17) is 14.2 Å². The molecule has 2 aliphatic rings. The van der Waals surface area contributed by atoms with Gasteiger partial charge >= 0.3 is 12.1 Å². The van der Waals surface area contributed by atoms with Crippen molar-refractivity contribution >= 4 is 0 Å². The molecule has 0 amide bonds. The van der Waals surface area contributed by atoms with Gasteiger partial charge in [-0.2, -0.15) is 8.78 Å². The van der Waals surface area contributed by atoms with Crippen LogP contribution in [0.1, 0.15) is 82.3 Å². The monoisotopic (exact) mass is 556 g/mol. The summed E-state index contributed by atoms with van der Waals surface area (Å²) in [5.74, 6) is -5.94. The quantitative estimate of drug-likeness (QED) is 0.149. The van der Waals surface area contributed by atoms with E-state index in [2.05, 4.69) is 11.7 Å². The van der Waals surface area contributed by atoms with Gasteiger partial charge in [-0.3, -0.25) is 0 Å². The van der Waals surface area contributed by atoms with Crippen LogP contribution in [0.25, 0.3) is 0 Å². The summed E-state index contributed by atoms with van der Waals surface area (Å²) in [4.78, 5) is 0.